The third kappa shape index (κ3) is 3.31. The fourth-order valence-electron chi connectivity index (χ4n) is 1.66. The molecule has 2 aromatic rings. The summed E-state index contributed by atoms with van der Waals surface area (Å²) in [5, 5.41) is 12.2. The third-order valence-electron chi connectivity index (χ3n) is 2.60. The second kappa shape index (κ2) is 5.98. The first-order valence-electron chi connectivity index (χ1n) is 5.56. The van der Waals surface area contributed by atoms with Gasteiger partial charge in [0.25, 0.3) is 0 Å². The van der Waals surface area contributed by atoms with Gasteiger partial charge >= 0.3 is 0 Å². The molecule has 0 radical (unpaired) electrons. The highest BCUT2D eigenvalue weighted by Crippen LogP contribution is 2.17. The smallest absolute Gasteiger partial charge is 0.128 e. The Morgan fingerprint density at radius 2 is 2.00 bits per heavy atom. The van der Waals surface area contributed by atoms with Gasteiger partial charge in [-0.05, 0) is 35.9 Å². The number of hydrogen-bond acceptors (Lipinski definition) is 2. The first kappa shape index (κ1) is 13.1. The van der Waals surface area contributed by atoms with Crippen molar-refractivity contribution in [1.29, 1.82) is 0 Å². The minimum absolute atomic E-state index is 0.000760. The average molecular weight is 310 g/mol. The lowest BCUT2D eigenvalue weighted by Crippen LogP contribution is -2.02. The van der Waals surface area contributed by atoms with E-state index < -0.39 is 0 Å². The van der Waals surface area contributed by atoms with E-state index in [4.69, 9.17) is 5.11 Å². The molecule has 0 saturated carbocycles. The molecule has 2 aromatic carbocycles. The zero-order chi connectivity index (χ0) is 13.0. The van der Waals surface area contributed by atoms with Crippen molar-refractivity contribution in [2.24, 2.45) is 0 Å². The summed E-state index contributed by atoms with van der Waals surface area (Å²) in [6, 6.07) is 12.3. The van der Waals surface area contributed by atoms with Crippen LogP contribution >= 0.6 is 15.9 Å². The van der Waals surface area contributed by atoms with Gasteiger partial charge < -0.3 is 10.4 Å². The Hall–Kier alpha value is -1.39. The van der Waals surface area contributed by atoms with Crippen molar-refractivity contribution in [2.45, 2.75) is 13.2 Å². The van der Waals surface area contributed by atoms with E-state index in [1.807, 2.05) is 24.3 Å². The molecule has 0 fully saturated rings. The van der Waals surface area contributed by atoms with Gasteiger partial charge in [-0.15, -0.1) is 0 Å². The van der Waals surface area contributed by atoms with E-state index in [9.17, 15) is 4.39 Å². The summed E-state index contributed by atoms with van der Waals surface area (Å²) in [5.41, 5.74) is 2.29. The summed E-state index contributed by atoms with van der Waals surface area (Å²) in [4.78, 5) is 0. The molecule has 0 bridgehead atoms. The molecular weight excluding hydrogens is 297 g/mol. The molecule has 2 nitrogen and oxygen atoms in total. The van der Waals surface area contributed by atoms with Gasteiger partial charge in [-0.1, -0.05) is 28.1 Å². The molecule has 0 spiro atoms. The number of aliphatic hydroxyl groups excluding tert-OH is 1. The van der Waals surface area contributed by atoms with Crippen LogP contribution in [0.15, 0.2) is 46.9 Å². The van der Waals surface area contributed by atoms with Crippen LogP contribution in [-0.2, 0) is 13.2 Å². The van der Waals surface area contributed by atoms with Crippen LogP contribution in [0, 0.1) is 5.82 Å². The Morgan fingerprint density at radius 3 is 2.78 bits per heavy atom. The van der Waals surface area contributed by atoms with E-state index in [1.54, 1.807) is 12.1 Å². The maximum absolute atomic E-state index is 13.5. The molecular formula is C14H13BrFNO. The predicted molar refractivity (Wildman–Crippen MR) is 73.8 cm³/mol. The van der Waals surface area contributed by atoms with Crippen LogP contribution in [0.5, 0.6) is 0 Å². The molecule has 4 heteroatoms. The standard InChI is InChI=1S/C14H13BrFNO/c15-12-4-5-14(16)11(7-12)8-17-13-3-1-2-10(6-13)9-18/h1-7,17-18H,8-9H2. The Bertz CT molecular complexity index is 545. The lowest BCUT2D eigenvalue weighted by atomic mass is 10.2. The number of rotatable bonds is 4. The lowest BCUT2D eigenvalue weighted by Gasteiger charge is -2.09. The van der Waals surface area contributed by atoms with Crippen molar-refractivity contribution in [3.63, 3.8) is 0 Å². The van der Waals surface area contributed by atoms with Gasteiger partial charge in [0.1, 0.15) is 5.82 Å². The molecule has 0 unspecified atom stereocenters. The molecule has 94 valence electrons. The molecule has 0 heterocycles. The van der Waals surface area contributed by atoms with E-state index in [0.717, 1.165) is 15.7 Å². The summed E-state index contributed by atoms with van der Waals surface area (Å²) in [5.74, 6) is -0.232. The van der Waals surface area contributed by atoms with Crippen LogP contribution in [0.3, 0.4) is 0 Å². The zero-order valence-electron chi connectivity index (χ0n) is 9.66. The predicted octanol–water partition coefficient (Wildman–Crippen LogP) is 3.69. The Kier molecular flexibility index (Phi) is 4.33. The molecule has 18 heavy (non-hydrogen) atoms. The second-order valence-corrected chi connectivity index (χ2v) is 4.86. The SMILES string of the molecule is OCc1cccc(NCc2cc(Br)ccc2F)c1. The van der Waals surface area contributed by atoms with Gasteiger partial charge in [0, 0.05) is 22.3 Å². The maximum atomic E-state index is 13.5. The number of anilines is 1. The van der Waals surface area contributed by atoms with Gasteiger partial charge in [-0.2, -0.15) is 0 Å². The van der Waals surface area contributed by atoms with Crippen LogP contribution in [0.25, 0.3) is 0 Å². The van der Waals surface area contributed by atoms with Crippen LogP contribution in [0.2, 0.25) is 0 Å². The van der Waals surface area contributed by atoms with Crippen LogP contribution in [-0.4, -0.2) is 5.11 Å². The Morgan fingerprint density at radius 1 is 1.17 bits per heavy atom. The van der Waals surface area contributed by atoms with E-state index in [2.05, 4.69) is 21.2 Å². The van der Waals surface area contributed by atoms with Gasteiger partial charge in [0.2, 0.25) is 0 Å². The van der Waals surface area contributed by atoms with E-state index in [0.29, 0.717) is 12.1 Å². The molecule has 0 atom stereocenters. The van der Waals surface area contributed by atoms with Crippen LogP contribution < -0.4 is 5.32 Å². The Balaban J connectivity index is 2.08. The number of aliphatic hydroxyl groups is 1. The van der Waals surface area contributed by atoms with Crippen molar-refractivity contribution >= 4 is 21.6 Å². The average Bonchev–Trinajstić information content (AvgIpc) is 2.40. The summed E-state index contributed by atoms with van der Waals surface area (Å²) < 4.78 is 14.4. The van der Waals surface area contributed by atoms with E-state index >= 15 is 0 Å². The second-order valence-electron chi connectivity index (χ2n) is 3.95. The number of hydrogen-bond donors (Lipinski definition) is 2. The highest BCUT2D eigenvalue weighted by molar-refractivity contribution is 9.10. The van der Waals surface area contributed by atoms with Crippen molar-refractivity contribution < 1.29 is 9.50 Å². The van der Waals surface area contributed by atoms with E-state index in [-0.39, 0.29) is 12.4 Å². The lowest BCUT2D eigenvalue weighted by molar-refractivity contribution is 0.282. The minimum Gasteiger partial charge on any atom is -0.392 e. The van der Waals surface area contributed by atoms with Crippen LogP contribution in [0.1, 0.15) is 11.1 Å². The number of halogens is 2. The van der Waals surface area contributed by atoms with Crippen molar-refractivity contribution in [2.75, 3.05) is 5.32 Å². The Labute approximate surface area is 114 Å². The van der Waals surface area contributed by atoms with Gasteiger partial charge in [-0.25, -0.2) is 4.39 Å². The molecule has 0 amide bonds. The summed E-state index contributed by atoms with van der Waals surface area (Å²) >= 11 is 3.32. The number of benzene rings is 2. The topological polar surface area (TPSA) is 32.3 Å². The summed E-state index contributed by atoms with van der Waals surface area (Å²) in [6.45, 7) is 0.404. The molecule has 0 aliphatic heterocycles. The molecule has 0 saturated heterocycles. The monoisotopic (exact) mass is 309 g/mol. The van der Waals surface area contributed by atoms with Gasteiger partial charge in [-0.3, -0.25) is 0 Å². The van der Waals surface area contributed by atoms with Crippen molar-refractivity contribution in [1.82, 2.24) is 0 Å². The molecule has 0 aliphatic carbocycles. The highest BCUT2D eigenvalue weighted by atomic mass is 79.9. The fraction of sp³-hybridized carbons (Fsp3) is 0.143. The van der Waals surface area contributed by atoms with Crippen molar-refractivity contribution in [3.8, 4) is 0 Å². The summed E-state index contributed by atoms with van der Waals surface area (Å²) in [6.07, 6.45) is 0. The fourth-order valence-corrected chi connectivity index (χ4v) is 2.06. The molecule has 2 rings (SSSR count). The zero-order valence-corrected chi connectivity index (χ0v) is 11.2. The number of nitrogens with one attached hydrogen (secondary N) is 1. The largest absolute Gasteiger partial charge is 0.392 e. The van der Waals surface area contributed by atoms with Gasteiger partial charge in [0.15, 0.2) is 0 Å². The van der Waals surface area contributed by atoms with E-state index in [1.165, 1.54) is 6.07 Å². The quantitative estimate of drug-likeness (QED) is 0.902. The van der Waals surface area contributed by atoms with Crippen LogP contribution in [0.4, 0.5) is 10.1 Å². The normalized spacial score (nSPS) is 10.4. The molecule has 2 N–H and O–H groups in total. The van der Waals surface area contributed by atoms with Gasteiger partial charge in [0.05, 0.1) is 6.61 Å². The maximum Gasteiger partial charge on any atom is 0.128 e. The van der Waals surface area contributed by atoms with Crippen molar-refractivity contribution in [3.05, 3.63) is 63.9 Å². The minimum atomic E-state index is -0.232. The highest BCUT2D eigenvalue weighted by Gasteiger charge is 2.03. The molecule has 0 aromatic heterocycles. The first-order chi connectivity index (χ1) is 8.69. The first-order valence-corrected chi connectivity index (χ1v) is 6.36. The molecule has 0 aliphatic rings. The third-order valence-corrected chi connectivity index (χ3v) is 3.09. The summed E-state index contributed by atoms with van der Waals surface area (Å²) in [7, 11) is 0.